The molecule has 126 valence electrons. The van der Waals surface area contributed by atoms with E-state index in [9.17, 15) is 0 Å². The molecule has 0 spiro atoms. The van der Waals surface area contributed by atoms with Gasteiger partial charge in [0.1, 0.15) is 5.76 Å². The van der Waals surface area contributed by atoms with Gasteiger partial charge in [-0.2, -0.15) is 0 Å². The average molecular weight is 361 g/mol. The second kappa shape index (κ2) is 7.81. The van der Waals surface area contributed by atoms with Gasteiger partial charge in [-0.25, -0.2) is 4.98 Å². The minimum atomic E-state index is 0.660. The number of rotatable bonds is 8. The van der Waals surface area contributed by atoms with Crippen LogP contribution in [0, 0.1) is 6.92 Å². The van der Waals surface area contributed by atoms with E-state index in [2.05, 4.69) is 38.6 Å². The monoisotopic (exact) mass is 360 g/mol. The van der Waals surface area contributed by atoms with Gasteiger partial charge in [0, 0.05) is 17.7 Å². The Kier molecular flexibility index (Phi) is 5.52. The van der Waals surface area contributed by atoms with Gasteiger partial charge in [-0.05, 0) is 25.8 Å². The van der Waals surface area contributed by atoms with Crippen molar-refractivity contribution in [2.24, 2.45) is 0 Å². The summed E-state index contributed by atoms with van der Waals surface area (Å²) in [5, 5.41) is 12.9. The minimum absolute atomic E-state index is 0.660. The summed E-state index contributed by atoms with van der Waals surface area (Å²) < 4.78 is 7.46. The lowest BCUT2D eigenvalue weighted by molar-refractivity contribution is 0.534. The Labute approximate surface area is 149 Å². The lowest BCUT2D eigenvalue weighted by atomic mass is 10.2. The number of thioether (sulfide) groups is 1. The largest absolute Gasteiger partial charge is 0.469 e. The zero-order valence-corrected chi connectivity index (χ0v) is 15.5. The lowest BCUT2D eigenvalue weighted by Gasteiger charge is -2.06. The standard InChI is InChI=1S/C17H20N4OS2/c1-4-6-15-18-13(10-23-15)11-24-17-20-19-16(21(17)8-5-2)14-7-9-22-12(14)3/h5,7,9-10H,2,4,6,8,11H2,1,3H3. The van der Waals surface area contributed by atoms with E-state index in [1.54, 1.807) is 29.4 Å². The molecule has 3 aromatic heterocycles. The summed E-state index contributed by atoms with van der Waals surface area (Å²) in [5.41, 5.74) is 2.07. The normalized spacial score (nSPS) is 11.1. The van der Waals surface area contributed by atoms with Gasteiger partial charge in [-0.3, -0.25) is 4.57 Å². The first-order valence-corrected chi connectivity index (χ1v) is 9.74. The van der Waals surface area contributed by atoms with Crippen molar-refractivity contribution in [3.05, 3.63) is 46.8 Å². The second-order valence-corrected chi connectivity index (χ2v) is 7.25. The van der Waals surface area contributed by atoms with Crippen LogP contribution in [0.1, 0.15) is 29.8 Å². The number of nitrogens with zero attached hydrogens (tertiary/aromatic N) is 4. The highest BCUT2D eigenvalue weighted by Gasteiger charge is 2.17. The van der Waals surface area contributed by atoms with Crippen LogP contribution in [0.3, 0.4) is 0 Å². The van der Waals surface area contributed by atoms with Gasteiger partial charge in [0.25, 0.3) is 0 Å². The summed E-state index contributed by atoms with van der Waals surface area (Å²) >= 11 is 3.38. The SMILES string of the molecule is C=CCn1c(SCc2csc(CCC)n2)nnc1-c1ccoc1C. The Morgan fingerprint density at radius 2 is 2.29 bits per heavy atom. The van der Waals surface area contributed by atoms with Gasteiger partial charge in [0.15, 0.2) is 11.0 Å². The summed E-state index contributed by atoms with van der Waals surface area (Å²) in [5.74, 6) is 2.45. The molecule has 0 saturated carbocycles. The minimum Gasteiger partial charge on any atom is -0.469 e. The molecule has 0 amide bonds. The molecule has 3 aromatic rings. The maximum absolute atomic E-state index is 5.39. The fourth-order valence-corrected chi connectivity index (χ4v) is 4.23. The van der Waals surface area contributed by atoms with E-state index in [1.807, 2.05) is 19.1 Å². The van der Waals surface area contributed by atoms with Crippen LogP contribution in [0.2, 0.25) is 0 Å². The predicted octanol–water partition coefficient (Wildman–Crippen LogP) is 4.73. The van der Waals surface area contributed by atoms with Crippen LogP contribution in [0.4, 0.5) is 0 Å². The van der Waals surface area contributed by atoms with Gasteiger partial charge in [0.05, 0.1) is 22.5 Å². The molecule has 5 nitrogen and oxygen atoms in total. The van der Waals surface area contributed by atoms with Crippen LogP contribution in [-0.4, -0.2) is 19.7 Å². The van der Waals surface area contributed by atoms with E-state index in [0.29, 0.717) is 6.54 Å². The van der Waals surface area contributed by atoms with E-state index >= 15 is 0 Å². The number of thiazole rings is 1. The summed E-state index contributed by atoms with van der Waals surface area (Å²) in [7, 11) is 0. The van der Waals surface area contributed by atoms with Crippen molar-refractivity contribution in [1.29, 1.82) is 0 Å². The van der Waals surface area contributed by atoms with Crippen molar-refractivity contribution in [3.63, 3.8) is 0 Å². The van der Waals surface area contributed by atoms with Crippen LogP contribution in [0.15, 0.2) is 39.9 Å². The molecule has 0 radical (unpaired) electrons. The molecule has 0 aliphatic rings. The summed E-state index contributed by atoms with van der Waals surface area (Å²) in [6.45, 7) is 8.61. The van der Waals surface area contributed by atoms with E-state index in [0.717, 1.165) is 46.6 Å². The number of hydrogen-bond acceptors (Lipinski definition) is 6. The van der Waals surface area contributed by atoms with Crippen LogP contribution < -0.4 is 0 Å². The van der Waals surface area contributed by atoms with Gasteiger partial charge in [0.2, 0.25) is 0 Å². The van der Waals surface area contributed by atoms with Crippen molar-refractivity contribution < 1.29 is 4.42 Å². The van der Waals surface area contributed by atoms with Crippen LogP contribution in [0.5, 0.6) is 0 Å². The van der Waals surface area contributed by atoms with Crippen LogP contribution in [0.25, 0.3) is 11.4 Å². The predicted molar refractivity (Wildman–Crippen MR) is 98.3 cm³/mol. The third kappa shape index (κ3) is 3.62. The molecule has 0 unspecified atom stereocenters. The van der Waals surface area contributed by atoms with Gasteiger partial charge < -0.3 is 4.42 Å². The molecule has 0 aliphatic heterocycles. The Bertz CT molecular complexity index is 818. The molecule has 7 heteroatoms. The van der Waals surface area contributed by atoms with Crippen LogP contribution >= 0.6 is 23.1 Å². The Hall–Kier alpha value is -1.86. The second-order valence-electron chi connectivity index (χ2n) is 5.37. The molecule has 0 bridgehead atoms. The zero-order chi connectivity index (χ0) is 16.9. The van der Waals surface area contributed by atoms with Crippen molar-refractivity contribution >= 4 is 23.1 Å². The molecule has 0 atom stereocenters. The maximum Gasteiger partial charge on any atom is 0.192 e. The quantitative estimate of drug-likeness (QED) is 0.429. The third-order valence-electron chi connectivity index (χ3n) is 3.54. The Morgan fingerprint density at radius 1 is 1.42 bits per heavy atom. The van der Waals surface area contributed by atoms with Crippen molar-refractivity contribution in [3.8, 4) is 11.4 Å². The fraction of sp³-hybridized carbons (Fsp3) is 0.353. The number of hydrogen-bond donors (Lipinski definition) is 0. The van der Waals surface area contributed by atoms with E-state index in [1.165, 1.54) is 5.01 Å². The van der Waals surface area contributed by atoms with Crippen molar-refractivity contribution in [2.45, 2.75) is 44.1 Å². The van der Waals surface area contributed by atoms with Gasteiger partial charge in [-0.1, -0.05) is 24.8 Å². The van der Waals surface area contributed by atoms with E-state index < -0.39 is 0 Å². The van der Waals surface area contributed by atoms with E-state index in [-0.39, 0.29) is 0 Å². The number of furan rings is 1. The summed E-state index contributed by atoms with van der Waals surface area (Å²) in [6.07, 6.45) is 5.70. The Balaban J connectivity index is 1.79. The first kappa shape index (κ1) is 17.0. The summed E-state index contributed by atoms with van der Waals surface area (Å²) in [4.78, 5) is 4.67. The summed E-state index contributed by atoms with van der Waals surface area (Å²) in [6, 6.07) is 1.92. The molecular formula is C17H20N4OS2. The highest BCUT2D eigenvalue weighted by molar-refractivity contribution is 7.98. The first-order chi connectivity index (χ1) is 11.7. The molecule has 24 heavy (non-hydrogen) atoms. The molecule has 0 saturated heterocycles. The molecule has 0 fully saturated rings. The molecule has 0 N–H and O–H groups in total. The number of aromatic nitrogens is 4. The Morgan fingerprint density at radius 3 is 3.00 bits per heavy atom. The van der Waals surface area contributed by atoms with Crippen LogP contribution in [-0.2, 0) is 18.7 Å². The van der Waals surface area contributed by atoms with Crippen molar-refractivity contribution in [1.82, 2.24) is 19.7 Å². The zero-order valence-electron chi connectivity index (χ0n) is 13.9. The average Bonchev–Trinajstić information content (AvgIpc) is 3.27. The molecule has 0 aliphatic carbocycles. The van der Waals surface area contributed by atoms with Gasteiger partial charge >= 0.3 is 0 Å². The maximum atomic E-state index is 5.39. The topological polar surface area (TPSA) is 56.7 Å². The number of allylic oxidation sites excluding steroid dienone is 1. The van der Waals surface area contributed by atoms with E-state index in [4.69, 9.17) is 4.42 Å². The molecule has 0 aromatic carbocycles. The molecule has 3 heterocycles. The highest BCUT2D eigenvalue weighted by Crippen LogP contribution is 2.29. The van der Waals surface area contributed by atoms with Gasteiger partial charge in [-0.15, -0.1) is 28.1 Å². The lowest BCUT2D eigenvalue weighted by Crippen LogP contribution is -2.01. The smallest absolute Gasteiger partial charge is 0.192 e. The third-order valence-corrected chi connectivity index (χ3v) is 5.50. The number of aryl methyl sites for hydroxylation is 2. The highest BCUT2D eigenvalue weighted by atomic mass is 32.2. The molecular weight excluding hydrogens is 340 g/mol. The molecule has 3 rings (SSSR count). The fourth-order valence-electron chi connectivity index (χ4n) is 2.39. The van der Waals surface area contributed by atoms with Crippen molar-refractivity contribution in [2.75, 3.05) is 0 Å². The first-order valence-electron chi connectivity index (χ1n) is 7.87.